The number of carbonyl (C=O) groups is 1. The van der Waals surface area contributed by atoms with Crippen molar-refractivity contribution in [1.82, 2.24) is 9.88 Å². The summed E-state index contributed by atoms with van der Waals surface area (Å²) in [5, 5.41) is 0.713. The van der Waals surface area contributed by atoms with Crippen LogP contribution in [0.5, 0.6) is 5.75 Å². The van der Waals surface area contributed by atoms with Gasteiger partial charge in [0.05, 0.1) is 16.8 Å². The zero-order valence-corrected chi connectivity index (χ0v) is 19.5. The van der Waals surface area contributed by atoms with Gasteiger partial charge in [0, 0.05) is 23.5 Å². The Bertz CT molecular complexity index is 962. The predicted molar refractivity (Wildman–Crippen MR) is 126 cm³/mol. The van der Waals surface area contributed by atoms with Gasteiger partial charge >= 0.3 is 0 Å². The number of hydrogen-bond donors (Lipinski definition) is 0. The fraction of sp³-hybridized carbons (Fsp3) is 0.333. The summed E-state index contributed by atoms with van der Waals surface area (Å²) in [5.74, 6) is 0.797. The molecule has 156 valence electrons. The number of thioether (sulfide) groups is 1. The van der Waals surface area contributed by atoms with Gasteiger partial charge in [-0.3, -0.25) is 9.69 Å². The van der Waals surface area contributed by atoms with Crippen LogP contribution in [0.2, 0.25) is 0 Å². The summed E-state index contributed by atoms with van der Waals surface area (Å²) >= 11 is 3.15. The monoisotopic (exact) mass is 451 g/mol. The Morgan fingerprint density at radius 2 is 1.97 bits per heavy atom. The van der Waals surface area contributed by atoms with Gasteiger partial charge in [-0.15, -0.1) is 24.2 Å². The fourth-order valence-electron chi connectivity index (χ4n) is 2.76. The highest BCUT2D eigenvalue weighted by Crippen LogP contribution is 2.32. The number of aromatic nitrogens is 1. The molecule has 3 aromatic rings. The molecule has 1 heterocycles. The minimum absolute atomic E-state index is 0. The second-order valence-electron chi connectivity index (χ2n) is 6.55. The Morgan fingerprint density at radius 1 is 1.17 bits per heavy atom. The molecule has 0 bridgehead atoms. The number of halogens is 1. The number of likely N-dealkylation sites (N-methyl/N-ethyl adjacent to an activating group) is 1. The molecule has 3 rings (SSSR count). The van der Waals surface area contributed by atoms with Crippen LogP contribution in [0.25, 0.3) is 10.2 Å². The van der Waals surface area contributed by atoms with Gasteiger partial charge in [0.2, 0.25) is 0 Å². The Labute approximate surface area is 186 Å². The van der Waals surface area contributed by atoms with E-state index < -0.39 is 0 Å². The summed E-state index contributed by atoms with van der Waals surface area (Å²) in [7, 11) is 4.01. The van der Waals surface area contributed by atoms with E-state index in [0.717, 1.165) is 27.4 Å². The van der Waals surface area contributed by atoms with Gasteiger partial charge in [0.1, 0.15) is 5.75 Å². The van der Waals surface area contributed by atoms with E-state index in [9.17, 15) is 4.79 Å². The average Bonchev–Trinajstić information content (AvgIpc) is 3.11. The number of hydrogen-bond acceptors (Lipinski definition) is 6. The van der Waals surface area contributed by atoms with Crippen LogP contribution in [-0.2, 0) is 0 Å². The average molecular weight is 452 g/mol. The third-order valence-electron chi connectivity index (χ3n) is 4.22. The van der Waals surface area contributed by atoms with Gasteiger partial charge in [-0.05, 0) is 63.7 Å². The maximum absolute atomic E-state index is 13.3. The molecule has 0 fully saturated rings. The van der Waals surface area contributed by atoms with Crippen LogP contribution in [0, 0.1) is 0 Å². The van der Waals surface area contributed by atoms with Crippen molar-refractivity contribution in [3.05, 3.63) is 48.0 Å². The Hall–Kier alpha value is -1.80. The number of carbonyl (C=O) groups excluding carboxylic acids is 1. The molecule has 0 aliphatic heterocycles. The van der Waals surface area contributed by atoms with E-state index in [1.54, 1.807) is 16.7 Å². The maximum Gasteiger partial charge on any atom is 0.260 e. The quantitative estimate of drug-likeness (QED) is 0.448. The topological polar surface area (TPSA) is 45.7 Å². The lowest BCUT2D eigenvalue weighted by Gasteiger charge is -2.22. The molecule has 0 spiro atoms. The standard InChI is InChI=1S/C21H25N3O2S2.ClH/c1-5-26-16-9-10-18-19(14-16)28-21(22-18)24(12-11-23(2)3)20(25)15-7-6-8-17(13-15)27-4;/h6-10,13-14H,5,11-12H2,1-4H3;1H. The summed E-state index contributed by atoms with van der Waals surface area (Å²) in [6, 6.07) is 13.6. The first kappa shape index (κ1) is 23.5. The molecule has 1 amide bonds. The summed E-state index contributed by atoms with van der Waals surface area (Å²) in [5.41, 5.74) is 1.56. The number of nitrogens with zero attached hydrogens (tertiary/aromatic N) is 3. The van der Waals surface area contributed by atoms with Crippen molar-refractivity contribution in [3.8, 4) is 5.75 Å². The highest BCUT2D eigenvalue weighted by atomic mass is 35.5. The number of rotatable bonds is 8. The lowest BCUT2D eigenvalue weighted by atomic mass is 10.2. The largest absolute Gasteiger partial charge is 0.494 e. The third-order valence-corrected chi connectivity index (χ3v) is 5.99. The number of amides is 1. The van der Waals surface area contributed by atoms with Crippen molar-refractivity contribution in [2.45, 2.75) is 11.8 Å². The van der Waals surface area contributed by atoms with Crippen molar-refractivity contribution < 1.29 is 9.53 Å². The van der Waals surface area contributed by atoms with Gasteiger partial charge in [0.15, 0.2) is 5.13 Å². The number of thiazole rings is 1. The molecule has 0 aliphatic rings. The van der Waals surface area contributed by atoms with Crippen molar-refractivity contribution in [3.63, 3.8) is 0 Å². The van der Waals surface area contributed by atoms with E-state index >= 15 is 0 Å². The first-order valence-electron chi connectivity index (χ1n) is 9.16. The Kier molecular flexibility index (Phi) is 8.77. The minimum atomic E-state index is -0.0261. The van der Waals surface area contributed by atoms with Crippen LogP contribution in [0.1, 0.15) is 17.3 Å². The van der Waals surface area contributed by atoms with Crippen molar-refractivity contribution in [2.24, 2.45) is 0 Å². The van der Waals surface area contributed by atoms with E-state index in [-0.39, 0.29) is 18.3 Å². The molecule has 0 unspecified atom stereocenters. The molecule has 2 aromatic carbocycles. The third kappa shape index (κ3) is 5.85. The molecule has 8 heteroatoms. The van der Waals surface area contributed by atoms with Crippen molar-refractivity contribution in [2.75, 3.05) is 44.9 Å². The van der Waals surface area contributed by atoms with Gasteiger partial charge in [-0.25, -0.2) is 4.98 Å². The summed E-state index contributed by atoms with van der Waals surface area (Å²) < 4.78 is 6.61. The molecular formula is C21H26ClN3O2S2. The van der Waals surface area contributed by atoms with E-state index in [1.807, 2.05) is 69.7 Å². The zero-order valence-electron chi connectivity index (χ0n) is 17.0. The smallest absolute Gasteiger partial charge is 0.260 e. The van der Waals surface area contributed by atoms with Crippen LogP contribution < -0.4 is 9.64 Å². The van der Waals surface area contributed by atoms with Crippen LogP contribution in [0.3, 0.4) is 0 Å². The van der Waals surface area contributed by atoms with E-state index in [2.05, 4.69) is 4.90 Å². The van der Waals surface area contributed by atoms with Crippen LogP contribution in [0.4, 0.5) is 5.13 Å². The van der Waals surface area contributed by atoms with Crippen LogP contribution in [-0.4, -0.2) is 55.8 Å². The number of anilines is 1. The summed E-state index contributed by atoms with van der Waals surface area (Å²) in [6.07, 6.45) is 2.01. The van der Waals surface area contributed by atoms with E-state index in [4.69, 9.17) is 9.72 Å². The molecule has 0 atom stereocenters. The lowest BCUT2D eigenvalue weighted by Crippen LogP contribution is -2.36. The lowest BCUT2D eigenvalue weighted by molar-refractivity contribution is 0.0985. The number of benzene rings is 2. The maximum atomic E-state index is 13.3. The zero-order chi connectivity index (χ0) is 20.1. The second-order valence-corrected chi connectivity index (χ2v) is 8.44. The molecule has 0 N–H and O–H groups in total. The second kappa shape index (κ2) is 10.8. The Morgan fingerprint density at radius 3 is 2.66 bits per heavy atom. The van der Waals surface area contributed by atoms with E-state index in [1.165, 1.54) is 11.3 Å². The highest BCUT2D eigenvalue weighted by Gasteiger charge is 2.22. The highest BCUT2D eigenvalue weighted by molar-refractivity contribution is 7.98. The van der Waals surface area contributed by atoms with Gasteiger partial charge in [-0.2, -0.15) is 0 Å². The first-order chi connectivity index (χ1) is 13.5. The molecule has 0 aliphatic carbocycles. The minimum Gasteiger partial charge on any atom is -0.494 e. The van der Waals surface area contributed by atoms with Crippen LogP contribution >= 0.6 is 35.5 Å². The van der Waals surface area contributed by atoms with E-state index in [0.29, 0.717) is 23.8 Å². The first-order valence-corrected chi connectivity index (χ1v) is 11.2. The molecular weight excluding hydrogens is 426 g/mol. The molecule has 1 aromatic heterocycles. The molecule has 0 saturated carbocycles. The van der Waals surface area contributed by atoms with Crippen molar-refractivity contribution >= 4 is 56.8 Å². The Balaban J connectivity index is 0.00000300. The summed E-state index contributed by atoms with van der Waals surface area (Å²) in [6.45, 7) is 3.92. The fourth-order valence-corrected chi connectivity index (χ4v) is 4.24. The molecule has 0 saturated heterocycles. The normalized spacial score (nSPS) is 10.8. The SMILES string of the molecule is CCOc1ccc2nc(N(CCN(C)C)C(=O)c3cccc(SC)c3)sc2c1.Cl. The van der Waals surface area contributed by atoms with Crippen molar-refractivity contribution in [1.29, 1.82) is 0 Å². The van der Waals surface area contributed by atoms with Crippen LogP contribution in [0.15, 0.2) is 47.4 Å². The predicted octanol–water partition coefficient (Wildman–Crippen LogP) is 5.05. The molecule has 0 radical (unpaired) electrons. The van der Waals surface area contributed by atoms with Gasteiger partial charge < -0.3 is 9.64 Å². The summed E-state index contributed by atoms with van der Waals surface area (Å²) in [4.78, 5) is 23.0. The number of ether oxygens (including phenoxy) is 1. The van der Waals surface area contributed by atoms with Gasteiger partial charge in [-0.1, -0.05) is 17.4 Å². The van der Waals surface area contributed by atoms with Gasteiger partial charge in [0.25, 0.3) is 5.91 Å². The number of fused-ring (bicyclic) bond motifs is 1. The molecule has 5 nitrogen and oxygen atoms in total. The molecule has 29 heavy (non-hydrogen) atoms.